The summed E-state index contributed by atoms with van der Waals surface area (Å²) in [7, 11) is 0. The van der Waals surface area contributed by atoms with E-state index in [1.807, 2.05) is 22.1 Å². The number of amides is 2. The monoisotopic (exact) mass is 363 g/mol. The van der Waals surface area contributed by atoms with E-state index in [4.69, 9.17) is 0 Å². The van der Waals surface area contributed by atoms with Gasteiger partial charge in [-0.15, -0.1) is 11.3 Å². The van der Waals surface area contributed by atoms with Gasteiger partial charge in [-0.2, -0.15) is 0 Å². The Bertz CT molecular complexity index is 642. The first-order chi connectivity index (χ1) is 11.9. The first kappa shape index (κ1) is 18.4. The molecular weight excluding hydrogens is 334 g/mol. The average molecular weight is 364 g/mol. The molecule has 0 aliphatic carbocycles. The molecule has 0 aromatic carbocycles. The standard InChI is InChI=1S/C19H29N3O2S/c1-14(2)6-10-21-12-19(8-5-17(21)23)7-4-9-22(13-19)18(24)16-11-25-15(3)20-16/h11,14H,4-10,12-13H2,1-3H3/t19-/m1/s1. The number of aryl methyl sites for hydroxylation is 1. The molecule has 3 rings (SSSR count). The van der Waals surface area contributed by atoms with E-state index < -0.39 is 0 Å². The Balaban J connectivity index is 1.68. The van der Waals surface area contributed by atoms with Crippen LogP contribution in [0.5, 0.6) is 0 Å². The van der Waals surface area contributed by atoms with Gasteiger partial charge in [0.15, 0.2) is 0 Å². The molecule has 0 N–H and O–H groups in total. The van der Waals surface area contributed by atoms with Gasteiger partial charge >= 0.3 is 0 Å². The molecule has 2 amide bonds. The molecule has 1 atom stereocenters. The molecule has 2 saturated heterocycles. The van der Waals surface area contributed by atoms with Crippen molar-refractivity contribution in [2.24, 2.45) is 11.3 Å². The number of aromatic nitrogens is 1. The maximum Gasteiger partial charge on any atom is 0.273 e. The van der Waals surface area contributed by atoms with Crippen LogP contribution >= 0.6 is 11.3 Å². The van der Waals surface area contributed by atoms with Crippen LogP contribution in [-0.4, -0.2) is 52.8 Å². The van der Waals surface area contributed by atoms with E-state index in [2.05, 4.69) is 18.8 Å². The smallest absolute Gasteiger partial charge is 0.273 e. The summed E-state index contributed by atoms with van der Waals surface area (Å²) in [4.78, 5) is 33.5. The second-order valence-corrected chi connectivity index (χ2v) is 9.14. The Morgan fingerprint density at radius 2 is 2.16 bits per heavy atom. The number of likely N-dealkylation sites (tertiary alicyclic amines) is 2. The predicted molar refractivity (Wildman–Crippen MR) is 99.7 cm³/mol. The number of carbonyl (C=O) groups is 2. The highest BCUT2D eigenvalue weighted by Gasteiger charge is 2.42. The summed E-state index contributed by atoms with van der Waals surface area (Å²) >= 11 is 1.52. The van der Waals surface area contributed by atoms with Gasteiger partial charge in [-0.25, -0.2) is 4.98 Å². The van der Waals surface area contributed by atoms with Crippen molar-refractivity contribution in [3.8, 4) is 0 Å². The molecule has 0 saturated carbocycles. The van der Waals surface area contributed by atoms with Crippen LogP contribution < -0.4 is 0 Å². The van der Waals surface area contributed by atoms with Gasteiger partial charge in [0.2, 0.25) is 5.91 Å². The maximum atomic E-state index is 12.8. The number of piperidine rings is 2. The van der Waals surface area contributed by atoms with Crippen LogP contribution in [0.2, 0.25) is 0 Å². The van der Waals surface area contributed by atoms with Crippen molar-refractivity contribution in [2.45, 2.75) is 52.9 Å². The summed E-state index contributed by atoms with van der Waals surface area (Å²) in [6, 6.07) is 0. The third-order valence-electron chi connectivity index (χ3n) is 5.51. The minimum atomic E-state index is 0.0501. The van der Waals surface area contributed by atoms with Crippen LogP contribution in [0, 0.1) is 18.3 Å². The molecule has 0 bridgehead atoms. The van der Waals surface area contributed by atoms with Gasteiger partial charge in [-0.1, -0.05) is 13.8 Å². The highest BCUT2D eigenvalue weighted by atomic mass is 32.1. The summed E-state index contributed by atoms with van der Waals surface area (Å²) in [6.07, 6.45) is 4.70. The Morgan fingerprint density at radius 3 is 2.84 bits per heavy atom. The van der Waals surface area contributed by atoms with E-state index in [1.165, 1.54) is 11.3 Å². The lowest BCUT2D eigenvalue weighted by Gasteiger charge is -2.48. The van der Waals surface area contributed by atoms with E-state index in [1.54, 1.807) is 0 Å². The zero-order valence-electron chi connectivity index (χ0n) is 15.6. The fourth-order valence-electron chi connectivity index (χ4n) is 4.06. The van der Waals surface area contributed by atoms with Crippen molar-refractivity contribution in [3.05, 3.63) is 16.1 Å². The quantitative estimate of drug-likeness (QED) is 0.824. The van der Waals surface area contributed by atoms with E-state index in [-0.39, 0.29) is 17.2 Å². The second-order valence-electron chi connectivity index (χ2n) is 8.08. The molecule has 1 aromatic rings. The Hall–Kier alpha value is -1.43. The molecule has 6 heteroatoms. The third kappa shape index (κ3) is 4.22. The molecule has 1 aromatic heterocycles. The summed E-state index contributed by atoms with van der Waals surface area (Å²) < 4.78 is 0. The fraction of sp³-hybridized carbons (Fsp3) is 0.737. The van der Waals surface area contributed by atoms with E-state index in [0.717, 1.165) is 56.9 Å². The number of rotatable bonds is 4. The highest BCUT2D eigenvalue weighted by Crippen LogP contribution is 2.39. The summed E-state index contributed by atoms with van der Waals surface area (Å²) in [5.74, 6) is 0.932. The number of hydrogen-bond donors (Lipinski definition) is 0. The zero-order chi connectivity index (χ0) is 18.0. The van der Waals surface area contributed by atoms with Crippen LogP contribution in [0.4, 0.5) is 0 Å². The lowest BCUT2D eigenvalue weighted by atomic mass is 9.73. The molecule has 0 radical (unpaired) electrons. The number of thiazole rings is 1. The third-order valence-corrected chi connectivity index (χ3v) is 6.28. The van der Waals surface area contributed by atoms with Gasteiger partial charge in [0.25, 0.3) is 5.91 Å². The van der Waals surface area contributed by atoms with Crippen molar-refractivity contribution < 1.29 is 9.59 Å². The Morgan fingerprint density at radius 1 is 1.36 bits per heavy atom. The summed E-state index contributed by atoms with van der Waals surface area (Å²) in [5.41, 5.74) is 0.646. The SMILES string of the molecule is Cc1nc(C(=O)N2CCC[C@]3(CCC(=O)N(CCC(C)C)C3)C2)cs1. The van der Waals surface area contributed by atoms with Crippen LogP contribution in [0.1, 0.15) is 61.4 Å². The molecule has 5 nitrogen and oxygen atoms in total. The van der Waals surface area contributed by atoms with Gasteiger partial charge in [0.1, 0.15) is 5.69 Å². The van der Waals surface area contributed by atoms with Crippen LogP contribution in [-0.2, 0) is 4.79 Å². The molecule has 1 spiro atoms. The fourth-order valence-corrected chi connectivity index (χ4v) is 4.64. The van der Waals surface area contributed by atoms with E-state index in [9.17, 15) is 9.59 Å². The summed E-state index contributed by atoms with van der Waals surface area (Å²) in [5, 5.41) is 2.79. The van der Waals surface area contributed by atoms with Crippen molar-refractivity contribution >= 4 is 23.2 Å². The highest BCUT2D eigenvalue weighted by molar-refractivity contribution is 7.09. The van der Waals surface area contributed by atoms with Crippen molar-refractivity contribution in [3.63, 3.8) is 0 Å². The molecular formula is C19H29N3O2S. The summed E-state index contributed by atoms with van der Waals surface area (Å²) in [6.45, 7) is 9.53. The minimum absolute atomic E-state index is 0.0501. The normalized spacial score (nSPS) is 24.4. The first-order valence-corrected chi connectivity index (χ1v) is 10.3. The van der Waals surface area contributed by atoms with Gasteiger partial charge in [-0.3, -0.25) is 9.59 Å². The Labute approximate surface area is 154 Å². The average Bonchev–Trinajstić information content (AvgIpc) is 3.02. The topological polar surface area (TPSA) is 53.5 Å². The Kier molecular flexibility index (Phi) is 5.46. The lowest BCUT2D eigenvalue weighted by Crippen LogP contribution is -2.55. The van der Waals surface area contributed by atoms with Crippen molar-refractivity contribution in [1.82, 2.24) is 14.8 Å². The van der Waals surface area contributed by atoms with Gasteiger partial charge in [0, 0.05) is 43.4 Å². The molecule has 2 fully saturated rings. The van der Waals surface area contributed by atoms with E-state index >= 15 is 0 Å². The van der Waals surface area contributed by atoms with Gasteiger partial charge < -0.3 is 9.80 Å². The van der Waals surface area contributed by atoms with Crippen molar-refractivity contribution in [1.29, 1.82) is 0 Å². The largest absolute Gasteiger partial charge is 0.342 e. The van der Waals surface area contributed by atoms with Crippen LogP contribution in [0.25, 0.3) is 0 Å². The maximum absolute atomic E-state index is 12.8. The number of nitrogens with zero attached hydrogens (tertiary/aromatic N) is 3. The molecule has 25 heavy (non-hydrogen) atoms. The second kappa shape index (κ2) is 7.44. The molecule has 2 aliphatic heterocycles. The van der Waals surface area contributed by atoms with Gasteiger partial charge in [0.05, 0.1) is 5.01 Å². The lowest BCUT2D eigenvalue weighted by molar-refractivity contribution is -0.139. The van der Waals surface area contributed by atoms with E-state index in [0.29, 0.717) is 18.0 Å². The van der Waals surface area contributed by atoms with Crippen LogP contribution in [0.15, 0.2) is 5.38 Å². The zero-order valence-corrected chi connectivity index (χ0v) is 16.4. The molecule has 138 valence electrons. The molecule has 2 aliphatic rings. The van der Waals surface area contributed by atoms with Crippen LogP contribution in [0.3, 0.4) is 0 Å². The predicted octanol–water partition coefficient (Wildman–Crippen LogP) is 3.34. The van der Waals surface area contributed by atoms with Gasteiger partial charge in [-0.05, 0) is 38.5 Å². The minimum Gasteiger partial charge on any atom is -0.342 e. The number of hydrogen-bond acceptors (Lipinski definition) is 4. The molecule has 3 heterocycles. The van der Waals surface area contributed by atoms with Crippen molar-refractivity contribution in [2.75, 3.05) is 26.2 Å². The molecule has 0 unspecified atom stereocenters. The number of carbonyl (C=O) groups excluding carboxylic acids is 2. The first-order valence-electron chi connectivity index (χ1n) is 9.38.